The van der Waals surface area contributed by atoms with Crippen LogP contribution in [0.1, 0.15) is 6.92 Å². The summed E-state index contributed by atoms with van der Waals surface area (Å²) >= 11 is 5.79. The van der Waals surface area contributed by atoms with Crippen molar-refractivity contribution in [3.05, 3.63) is 58.0 Å². The Morgan fingerprint density at radius 1 is 1.15 bits per heavy atom. The van der Waals surface area contributed by atoms with E-state index in [1.165, 1.54) is 0 Å². The summed E-state index contributed by atoms with van der Waals surface area (Å²) in [5.74, 6) is 1.09. The van der Waals surface area contributed by atoms with Gasteiger partial charge in [-0.1, -0.05) is 11.6 Å². The highest BCUT2D eigenvalue weighted by Gasteiger charge is 2.03. The van der Waals surface area contributed by atoms with Gasteiger partial charge in [0.05, 0.1) is 13.2 Å². The number of pyridine rings is 1. The van der Waals surface area contributed by atoms with Crippen molar-refractivity contribution >= 4 is 11.6 Å². The molecule has 0 aliphatic rings. The van der Waals surface area contributed by atoms with Crippen LogP contribution in [0.2, 0.25) is 5.02 Å². The van der Waals surface area contributed by atoms with E-state index < -0.39 is 0 Å². The molecule has 0 saturated heterocycles. The van der Waals surface area contributed by atoms with Gasteiger partial charge in [-0.05, 0) is 43.3 Å². The molecule has 0 bridgehead atoms. The van der Waals surface area contributed by atoms with Gasteiger partial charge in [0.25, 0.3) is 5.56 Å². The SMILES string of the molecule is CCOc1cccn(CCOc2ccc(Cl)cc2)c1=O. The van der Waals surface area contributed by atoms with E-state index in [9.17, 15) is 4.79 Å². The minimum atomic E-state index is -0.144. The van der Waals surface area contributed by atoms with Gasteiger partial charge in [-0.3, -0.25) is 4.79 Å². The van der Waals surface area contributed by atoms with Crippen LogP contribution in [-0.4, -0.2) is 17.8 Å². The molecule has 1 heterocycles. The van der Waals surface area contributed by atoms with Crippen LogP contribution in [0.15, 0.2) is 47.4 Å². The lowest BCUT2D eigenvalue weighted by Gasteiger charge is -2.10. The Kier molecular flexibility index (Phi) is 5.07. The van der Waals surface area contributed by atoms with E-state index in [0.717, 1.165) is 5.75 Å². The zero-order valence-electron chi connectivity index (χ0n) is 11.2. The van der Waals surface area contributed by atoms with E-state index in [2.05, 4.69) is 0 Å². The lowest BCUT2D eigenvalue weighted by Crippen LogP contribution is -2.23. The average Bonchev–Trinajstić information content (AvgIpc) is 2.45. The van der Waals surface area contributed by atoms with Crippen molar-refractivity contribution in [2.75, 3.05) is 13.2 Å². The Balaban J connectivity index is 1.95. The second kappa shape index (κ2) is 7.01. The van der Waals surface area contributed by atoms with Crippen LogP contribution in [-0.2, 0) is 6.54 Å². The molecule has 106 valence electrons. The lowest BCUT2D eigenvalue weighted by molar-refractivity contribution is 0.291. The predicted molar refractivity (Wildman–Crippen MR) is 78.8 cm³/mol. The number of aromatic nitrogens is 1. The topological polar surface area (TPSA) is 40.5 Å². The molecule has 1 aromatic carbocycles. The maximum Gasteiger partial charge on any atom is 0.292 e. The third-order valence-corrected chi connectivity index (χ3v) is 2.95. The first-order valence-corrected chi connectivity index (χ1v) is 6.79. The molecule has 0 fully saturated rings. The van der Waals surface area contributed by atoms with Crippen molar-refractivity contribution in [1.82, 2.24) is 4.57 Å². The number of nitrogens with zero attached hydrogens (tertiary/aromatic N) is 1. The van der Waals surface area contributed by atoms with Gasteiger partial charge in [0.1, 0.15) is 12.4 Å². The van der Waals surface area contributed by atoms with E-state index in [4.69, 9.17) is 21.1 Å². The fourth-order valence-electron chi connectivity index (χ4n) is 1.75. The van der Waals surface area contributed by atoms with E-state index in [1.807, 2.05) is 6.92 Å². The molecule has 0 saturated carbocycles. The maximum absolute atomic E-state index is 12.0. The van der Waals surface area contributed by atoms with Crippen molar-refractivity contribution in [3.8, 4) is 11.5 Å². The van der Waals surface area contributed by atoms with Crippen LogP contribution in [0.5, 0.6) is 11.5 Å². The number of hydrogen-bond donors (Lipinski definition) is 0. The summed E-state index contributed by atoms with van der Waals surface area (Å²) in [5.41, 5.74) is -0.144. The molecule has 2 aromatic rings. The molecule has 0 amide bonds. The van der Waals surface area contributed by atoms with Crippen LogP contribution >= 0.6 is 11.6 Å². The molecular formula is C15H16ClNO3. The normalized spacial score (nSPS) is 10.3. The number of ether oxygens (including phenoxy) is 2. The number of hydrogen-bond acceptors (Lipinski definition) is 3. The number of benzene rings is 1. The van der Waals surface area contributed by atoms with Crippen molar-refractivity contribution in [2.45, 2.75) is 13.5 Å². The molecule has 4 nitrogen and oxygen atoms in total. The van der Waals surface area contributed by atoms with Crippen LogP contribution < -0.4 is 15.0 Å². The molecule has 0 spiro atoms. The van der Waals surface area contributed by atoms with Gasteiger partial charge in [0.2, 0.25) is 0 Å². The van der Waals surface area contributed by atoms with Crippen molar-refractivity contribution < 1.29 is 9.47 Å². The second-order valence-corrected chi connectivity index (χ2v) is 4.54. The summed E-state index contributed by atoms with van der Waals surface area (Å²) in [4.78, 5) is 12.0. The molecule has 0 aliphatic heterocycles. The Labute approximate surface area is 122 Å². The summed E-state index contributed by atoms with van der Waals surface area (Å²) in [6.07, 6.45) is 1.72. The van der Waals surface area contributed by atoms with Crippen LogP contribution in [0.25, 0.3) is 0 Å². The highest BCUT2D eigenvalue weighted by atomic mass is 35.5. The highest BCUT2D eigenvalue weighted by molar-refractivity contribution is 6.30. The molecule has 0 unspecified atom stereocenters. The summed E-state index contributed by atoms with van der Waals surface area (Å²) < 4.78 is 12.4. The Morgan fingerprint density at radius 2 is 1.90 bits per heavy atom. The maximum atomic E-state index is 12.0. The lowest BCUT2D eigenvalue weighted by atomic mass is 10.3. The number of rotatable bonds is 6. The molecule has 0 N–H and O–H groups in total. The first-order chi connectivity index (χ1) is 9.70. The van der Waals surface area contributed by atoms with Gasteiger partial charge in [-0.2, -0.15) is 0 Å². The standard InChI is InChI=1S/C15H16ClNO3/c1-2-19-14-4-3-9-17(15(14)18)10-11-20-13-7-5-12(16)6-8-13/h3-9H,2,10-11H2,1H3. The quantitative estimate of drug-likeness (QED) is 0.822. The van der Waals surface area contributed by atoms with E-state index >= 15 is 0 Å². The summed E-state index contributed by atoms with van der Waals surface area (Å²) in [6.45, 7) is 3.18. The molecule has 0 radical (unpaired) electrons. The van der Waals surface area contributed by atoms with Crippen LogP contribution in [0.3, 0.4) is 0 Å². The molecule has 0 atom stereocenters. The third kappa shape index (κ3) is 3.78. The largest absolute Gasteiger partial charge is 0.492 e. The summed E-state index contributed by atoms with van der Waals surface area (Å²) in [5, 5.41) is 0.665. The Bertz CT molecular complexity index is 607. The third-order valence-electron chi connectivity index (χ3n) is 2.70. The number of halogens is 1. The van der Waals surface area contributed by atoms with E-state index in [1.54, 1.807) is 47.2 Å². The molecular weight excluding hydrogens is 278 g/mol. The Morgan fingerprint density at radius 3 is 2.60 bits per heavy atom. The van der Waals surface area contributed by atoms with Gasteiger partial charge in [0, 0.05) is 11.2 Å². The van der Waals surface area contributed by atoms with Crippen molar-refractivity contribution in [2.24, 2.45) is 0 Å². The Hall–Kier alpha value is -1.94. The van der Waals surface area contributed by atoms with Crippen molar-refractivity contribution in [1.29, 1.82) is 0 Å². The second-order valence-electron chi connectivity index (χ2n) is 4.11. The van der Waals surface area contributed by atoms with Gasteiger partial charge in [-0.25, -0.2) is 0 Å². The highest BCUT2D eigenvalue weighted by Crippen LogP contribution is 2.15. The van der Waals surface area contributed by atoms with Crippen LogP contribution in [0.4, 0.5) is 0 Å². The fourth-order valence-corrected chi connectivity index (χ4v) is 1.87. The average molecular weight is 294 g/mol. The first kappa shape index (κ1) is 14.5. The zero-order valence-corrected chi connectivity index (χ0v) is 12.0. The minimum Gasteiger partial charge on any atom is -0.492 e. The zero-order chi connectivity index (χ0) is 14.4. The summed E-state index contributed by atoms with van der Waals surface area (Å²) in [6, 6.07) is 10.6. The monoisotopic (exact) mass is 293 g/mol. The van der Waals surface area contributed by atoms with Crippen molar-refractivity contribution in [3.63, 3.8) is 0 Å². The van der Waals surface area contributed by atoms with E-state index in [0.29, 0.717) is 30.5 Å². The molecule has 20 heavy (non-hydrogen) atoms. The molecule has 0 aliphatic carbocycles. The molecule has 1 aromatic heterocycles. The van der Waals surface area contributed by atoms with Gasteiger partial charge in [-0.15, -0.1) is 0 Å². The first-order valence-electron chi connectivity index (χ1n) is 6.41. The van der Waals surface area contributed by atoms with Gasteiger partial charge >= 0.3 is 0 Å². The fraction of sp³-hybridized carbons (Fsp3) is 0.267. The van der Waals surface area contributed by atoms with Gasteiger partial charge in [0.15, 0.2) is 5.75 Å². The molecule has 5 heteroatoms. The summed E-state index contributed by atoms with van der Waals surface area (Å²) in [7, 11) is 0. The smallest absolute Gasteiger partial charge is 0.292 e. The minimum absolute atomic E-state index is 0.144. The van der Waals surface area contributed by atoms with Crippen LogP contribution in [0, 0.1) is 0 Å². The van der Waals surface area contributed by atoms with E-state index in [-0.39, 0.29) is 5.56 Å². The molecule has 2 rings (SSSR count). The predicted octanol–water partition coefficient (Wildman–Crippen LogP) is 2.98. The van der Waals surface area contributed by atoms with Gasteiger partial charge < -0.3 is 14.0 Å².